The van der Waals surface area contributed by atoms with E-state index < -0.39 is 11.5 Å². The van der Waals surface area contributed by atoms with Crippen LogP contribution in [0.2, 0.25) is 0 Å². The van der Waals surface area contributed by atoms with Gasteiger partial charge < -0.3 is 5.11 Å². The number of carboxylic acid groups (broad SMARTS) is 1. The van der Waals surface area contributed by atoms with Crippen LogP contribution in [0.3, 0.4) is 0 Å². The molecule has 94 valence electrons. The molecule has 0 aromatic rings. The fraction of sp³-hybridized carbons (Fsp3) is 0.923. The lowest BCUT2D eigenvalue weighted by molar-refractivity contribution is -0.145. The monoisotopic (exact) mass is 227 g/mol. The van der Waals surface area contributed by atoms with Crippen LogP contribution >= 0.6 is 0 Å². The molecule has 1 saturated carbocycles. The Bertz CT molecular complexity index is 242. The van der Waals surface area contributed by atoms with Crippen LogP contribution in [-0.2, 0) is 4.79 Å². The van der Waals surface area contributed by atoms with Crippen molar-refractivity contribution in [1.29, 1.82) is 0 Å². The molecule has 0 aliphatic heterocycles. The molecule has 0 saturated heterocycles. The number of hydrogen-bond acceptors (Lipinski definition) is 2. The predicted octanol–water partition coefficient (Wildman–Crippen LogP) is 2.80. The topological polar surface area (TPSA) is 49.3 Å². The molecule has 1 aliphatic carbocycles. The molecule has 2 N–H and O–H groups in total. The number of carboxylic acids is 1. The molecule has 1 aliphatic rings. The van der Waals surface area contributed by atoms with E-state index in [2.05, 4.69) is 12.2 Å². The van der Waals surface area contributed by atoms with Gasteiger partial charge in [-0.1, -0.05) is 33.1 Å². The van der Waals surface area contributed by atoms with Gasteiger partial charge in [0.2, 0.25) is 0 Å². The lowest BCUT2D eigenvalue weighted by Crippen LogP contribution is -2.56. The molecule has 1 rings (SSSR count). The average Bonchev–Trinajstić information content (AvgIpc) is 2.21. The third-order valence-corrected chi connectivity index (χ3v) is 3.84. The van der Waals surface area contributed by atoms with Gasteiger partial charge in [-0.15, -0.1) is 0 Å². The highest BCUT2D eigenvalue weighted by atomic mass is 16.4. The SMILES string of the molecule is CCCC(C)(NC1CCCCC1C)C(=O)O. The number of nitrogens with one attached hydrogen (secondary N) is 1. The summed E-state index contributed by atoms with van der Waals surface area (Å²) < 4.78 is 0. The number of carbonyl (C=O) groups is 1. The molecule has 0 heterocycles. The molecule has 1 fully saturated rings. The molecule has 0 bridgehead atoms. The normalized spacial score (nSPS) is 29.7. The third-order valence-electron chi connectivity index (χ3n) is 3.84. The first kappa shape index (κ1) is 13.5. The zero-order valence-electron chi connectivity index (χ0n) is 10.8. The second kappa shape index (κ2) is 5.67. The fourth-order valence-corrected chi connectivity index (χ4v) is 2.68. The second-order valence-corrected chi connectivity index (χ2v) is 5.40. The van der Waals surface area contributed by atoms with Crippen molar-refractivity contribution in [2.24, 2.45) is 5.92 Å². The minimum Gasteiger partial charge on any atom is -0.480 e. The van der Waals surface area contributed by atoms with E-state index in [4.69, 9.17) is 0 Å². The number of rotatable bonds is 5. The highest BCUT2D eigenvalue weighted by Gasteiger charge is 2.36. The van der Waals surface area contributed by atoms with Crippen LogP contribution in [0, 0.1) is 5.92 Å². The lowest BCUT2D eigenvalue weighted by Gasteiger charge is -2.37. The van der Waals surface area contributed by atoms with Crippen LogP contribution in [0.15, 0.2) is 0 Å². The average molecular weight is 227 g/mol. The summed E-state index contributed by atoms with van der Waals surface area (Å²) in [6.45, 7) is 6.08. The molecule has 0 spiro atoms. The first-order chi connectivity index (χ1) is 7.49. The molecular weight excluding hydrogens is 202 g/mol. The van der Waals surface area contributed by atoms with Gasteiger partial charge in [-0.3, -0.25) is 10.1 Å². The van der Waals surface area contributed by atoms with Crippen molar-refractivity contribution in [3.8, 4) is 0 Å². The van der Waals surface area contributed by atoms with E-state index in [-0.39, 0.29) is 0 Å². The van der Waals surface area contributed by atoms with Gasteiger partial charge in [0.1, 0.15) is 5.54 Å². The Kier molecular flexibility index (Phi) is 4.78. The van der Waals surface area contributed by atoms with Crippen molar-refractivity contribution in [3.63, 3.8) is 0 Å². The van der Waals surface area contributed by atoms with Crippen molar-refractivity contribution >= 4 is 5.97 Å². The molecule has 0 aromatic heterocycles. The summed E-state index contributed by atoms with van der Waals surface area (Å²) in [5.41, 5.74) is -0.745. The summed E-state index contributed by atoms with van der Waals surface area (Å²) in [6, 6.07) is 0.376. The van der Waals surface area contributed by atoms with Gasteiger partial charge >= 0.3 is 5.97 Å². The Morgan fingerprint density at radius 3 is 2.56 bits per heavy atom. The van der Waals surface area contributed by atoms with Crippen molar-refractivity contribution in [2.45, 2.75) is 70.9 Å². The predicted molar refractivity (Wildman–Crippen MR) is 65.5 cm³/mol. The first-order valence-electron chi connectivity index (χ1n) is 6.50. The molecule has 16 heavy (non-hydrogen) atoms. The first-order valence-corrected chi connectivity index (χ1v) is 6.50. The lowest BCUT2D eigenvalue weighted by atomic mass is 9.83. The van der Waals surface area contributed by atoms with Gasteiger partial charge in [0.05, 0.1) is 0 Å². The molecule has 3 heteroatoms. The smallest absolute Gasteiger partial charge is 0.323 e. The largest absolute Gasteiger partial charge is 0.480 e. The molecule has 3 atom stereocenters. The highest BCUT2D eigenvalue weighted by Crippen LogP contribution is 2.26. The number of aliphatic carboxylic acids is 1. The van der Waals surface area contributed by atoms with Gasteiger partial charge in [-0.25, -0.2) is 0 Å². The van der Waals surface area contributed by atoms with Gasteiger partial charge in [0, 0.05) is 6.04 Å². The zero-order valence-corrected chi connectivity index (χ0v) is 10.8. The Morgan fingerprint density at radius 1 is 1.44 bits per heavy atom. The van der Waals surface area contributed by atoms with Crippen LogP contribution in [0.4, 0.5) is 0 Å². The van der Waals surface area contributed by atoms with E-state index in [1.54, 1.807) is 0 Å². The second-order valence-electron chi connectivity index (χ2n) is 5.40. The Hall–Kier alpha value is -0.570. The van der Waals surface area contributed by atoms with Crippen molar-refractivity contribution in [1.82, 2.24) is 5.32 Å². The molecule has 0 amide bonds. The summed E-state index contributed by atoms with van der Waals surface area (Å²) >= 11 is 0. The molecule has 0 aromatic carbocycles. The highest BCUT2D eigenvalue weighted by molar-refractivity contribution is 5.78. The van der Waals surface area contributed by atoms with Crippen LogP contribution in [0.25, 0.3) is 0 Å². The number of hydrogen-bond donors (Lipinski definition) is 2. The van der Waals surface area contributed by atoms with Gasteiger partial charge in [-0.2, -0.15) is 0 Å². The minimum atomic E-state index is -0.745. The molecule has 0 radical (unpaired) electrons. The maximum atomic E-state index is 11.3. The molecule has 3 nitrogen and oxygen atoms in total. The third kappa shape index (κ3) is 3.21. The van der Waals surface area contributed by atoms with E-state index >= 15 is 0 Å². The molecular formula is C13H25NO2. The van der Waals surface area contributed by atoms with Gasteiger partial charge in [-0.05, 0) is 32.1 Å². The quantitative estimate of drug-likeness (QED) is 0.759. The van der Waals surface area contributed by atoms with Gasteiger partial charge in [0.25, 0.3) is 0 Å². The maximum absolute atomic E-state index is 11.3. The standard InChI is InChI=1S/C13H25NO2/c1-4-9-13(3,12(15)16)14-11-8-6-5-7-10(11)2/h10-11,14H,4-9H2,1-3H3,(H,15,16). The van der Waals surface area contributed by atoms with E-state index in [1.165, 1.54) is 19.3 Å². The van der Waals surface area contributed by atoms with Gasteiger partial charge in [0.15, 0.2) is 0 Å². The van der Waals surface area contributed by atoms with E-state index in [9.17, 15) is 9.90 Å². The fourth-order valence-electron chi connectivity index (χ4n) is 2.68. The Balaban J connectivity index is 2.63. The van der Waals surface area contributed by atoms with Crippen molar-refractivity contribution < 1.29 is 9.90 Å². The Labute approximate surface area is 98.6 Å². The minimum absolute atomic E-state index is 0.376. The maximum Gasteiger partial charge on any atom is 0.323 e. The van der Waals surface area contributed by atoms with Crippen LogP contribution in [0.5, 0.6) is 0 Å². The molecule has 3 unspecified atom stereocenters. The van der Waals surface area contributed by atoms with E-state index in [1.807, 2.05) is 13.8 Å². The summed E-state index contributed by atoms with van der Waals surface area (Å²) in [5.74, 6) is -0.114. The zero-order chi connectivity index (χ0) is 12.2. The van der Waals surface area contributed by atoms with E-state index in [0.29, 0.717) is 18.4 Å². The summed E-state index contributed by atoms with van der Waals surface area (Å²) in [5, 5.41) is 12.7. The van der Waals surface area contributed by atoms with Crippen LogP contribution in [0.1, 0.15) is 59.3 Å². The van der Waals surface area contributed by atoms with E-state index in [0.717, 1.165) is 12.8 Å². The summed E-state index contributed by atoms with van der Waals surface area (Å²) in [6.07, 6.45) is 6.45. The van der Waals surface area contributed by atoms with Crippen molar-refractivity contribution in [3.05, 3.63) is 0 Å². The Morgan fingerprint density at radius 2 is 2.06 bits per heavy atom. The van der Waals surface area contributed by atoms with Crippen LogP contribution in [-0.4, -0.2) is 22.7 Å². The van der Waals surface area contributed by atoms with Crippen molar-refractivity contribution in [2.75, 3.05) is 0 Å². The summed E-state index contributed by atoms with van der Waals surface area (Å²) in [4.78, 5) is 11.3. The summed E-state index contributed by atoms with van der Waals surface area (Å²) in [7, 11) is 0. The van der Waals surface area contributed by atoms with Crippen LogP contribution < -0.4 is 5.32 Å².